The summed E-state index contributed by atoms with van der Waals surface area (Å²) in [6, 6.07) is 5.89. The highest BCUT2D eigenvalue weighted by Crippen LogP contribution is 2.32. The summed E-state index contributed by atoms with van der Waals surface area (Å²) >= 11 is 0. The molecule has 0 spiro atoms. The minimum absolute atomic E-state index is 0.0847. The second kappa shape index (κ2) is 8.86. The van der Waals surface area contributed by atoms with Gasteiger partial charge in [-0.2, -0.15) is 0 Å². The summed E-state index contributed by atoms with van der Waals surface area (Å²) in [4.78, 5) is 14.1. The molecular formula is C17H25N3O4. The number of fused-ring (bicyclic) bond motifs is 1. The standard InChI is InChI=1S/C17H25N3O4/c21-17(19-5-6-20-7-9-22-10-8-20)3-4-18-12-14-1-2-15-16(11-14)24-13-23-15/h1-2,11,18H,3-10,12-13H2,(H,19,21). The minimum atomic E-state index is 0.0847. The summed E-state index contributed by atoms with van der Waals surface area (Å²) in [5, 5.41) is 6.24. The second-order valence-electron chi connectivity index (χ2n) is 5.92. The van der Waals surface area contributed by atoms with Crippen LogP contribution in [0.3, 0.4) is 0 Å². The van der Waals surface area contributed by atoms with Crippen molar-refractivity contribution in [2.75, 3.05) is 52.7 Å². The number of carbonyl (C=O) groups excluding carboxylic acids is 1. The van der Waals surface area contributed by atoms with E-state index in [1.807, 2.05) is 18.2 Å². The van der Waals surface area contributed by atoms with Crippen molar-refractivity contribution in [1.29, 1.82) is 0 Å². The van der Waals surface area contributed by atoms with Crippen molar-refractivity contribution in [3.05, 3.63) is 23.8 Å². The summed E-state index contributed by atoms with van der Waals surface area (Å²) in [6.45, 7) is 6.71. The maximum Gasteiger partial charge on any atom is 0.231 e. The number of morpholine rings is 1. The smallest absolute Gasteiger partial charge is 0.231 e. The molecule has 1 amide bonds. The molecule has 0 atom stereocenters. The molecule has 0 aromatic heterocycles. The topological polar surface area (TPSA) is 72.1 Å². The number of rotatable bonds is 8. The molecule has 7 nitrogen and oxygen atoms in total. The Morgan fingerprint density at radius 1 is 1.12 bits per heavy atom. The number of nitrogens with zero attached hydrogens (tertiary/aromatic N) is 1. The van der Waals surface area contributed by atoms with E-state index in [0.717, 1.165) is 49.9 Å². The number of amides is 1. The fourth-order valence-electron chi connectivity index (χ4n) is 2.75. The van der Waals surface area contributed by atoms with E-state index in [0.29, 0.717) is 26.1 Å². The third kappa shape index (κ3) is 5.09. The van der Waals surface area contributed by atoms with Gasteiger partial charge in [0, 0.05) is 45.7 Å². The second-order valence-corrected chi connectivity index (χ2v) is 5.92. The molecule has 0 unspecified atom stereocenters. The largest absolute Gasteiger partial charge is 0.454 e. The fraction of sp³-hybridized carbons (Fsp3) is 0.588. The van der Waals surface area contributed by atoms with Crippen molar-refractivity contribution in [2.45, 2.75) is 13.0 Å². The van der Waals surface area contributed by atoms with Gasteiger partial charge in [-0.15, -0.1) is 0 Å². The van der Waals surface area contributed by atoms with Crippen LogP contribution in [0.4, 0.5) is 0 Å². The minimum Gasteiger partial charge on any atom is -0.454 e. The lowest BCUT2D eigenvalue weighted by molar-refractivity contribution is -0.121. The predicted molar refractivity (Wildman–Crippen MR) is 89.2 cm³/mol. The Morgan fingerprint density at radius 3 is 2.83 bits per heavy atom. The van der Waals surface area contributed by atoms with E-state index in [9.17, 15) is 4.79 Å². The van der Waals surface area contributed by atoms with E-state index < -0.39 is 0 Å². The monoisotopic (exact) mass is 335 g/mol. The van der Waals surface area contributed by atoms with Gasteiger partial charge in [-0.1, -0.05) is 6.07 Å². The average Bonchev–Trinajstić information content (AvgIpc) is 3.07. The molecule has 1 saturated heterocycles. The van der Waals surface area contributed by atoms with Gasteiger partial charge in [-0.05, 0) is 17.7 Å². The van der Waals surface area contributed by atoms with Crippen LogP contribution in [0.15, 0.2) is 18.2 Å². The Labute approximate surface area is 142 Å². The van der Waals surface area contributed by atoms with Crippen LogP contribution >= 0.6 is 0 Å². The Morgan fingerprint density at radius 2 is 1.96 bits per heavy atom. The van der Waals surface area contributed by atoms with E-state index >= 15 is 0 Å². The van der Waals surface area contributed by atoms with Crippen LogP contribution in [0.2, 0.25) is 0 Å². The molecule has 7 heteroatoms. The van der Waals surface area contributed by atoms with Gasteiger partial charge in [0.25, 0.3) is 0 Å². The molecule has 0 bridgehead atoms. The van der Waals surface area contributed by atoms with Crippen molar-refractivity contribution in [2.24, 2.45) is 0 Å². The number of hydrogen-bond acceptors (Lipinski definition) is 6. The average molecular weight is 335 g/mol. The van der Waals surface area contributed by atoms with E-state index in [4.69, 9.17) is 14.2 Å². The van der Waals surface area contributed by atoms with Crippen LogP contribution in [-0.4, -0.2) is 63.5 Å². The molecule has 132 valence electrons. The third-order valence-corrected chi connectivity index (χ3v) is 4.15. The molecule has 1 fully saturated rings. The highest BCUT2D eigenvalue weighted by molar-refractivity contribution is 5.76. The van der Waals surface area contributed by atoms with Crippen molar-refractivity contribution >= 4 is 5.91 Å². The SMILES string of the molecule is O=C(CCNCc1ccc2c(c1)OCO2)NCCN1CCOCC1. The van der Waals surface area contributed by atoms with Crippen molar-refractivity contribution in [1.82, 2.24) is 15.5 Å². The Kier molecular flexibility index (Phi) is 6.28. The highest BCUT2D eigenvalue weighted by atomic mass is 16.7. The molecule has 0 aliphatic carbocycles. The summed E-state index contributed by atoms with van der Waals surface area (Å²) in [7, 11) is 0. The van der Waals surface area contributed by atoms with Crippen LogP contribution < -0.4 is 20.1 Å². The maximum atomic E-state index is 11.8. The van der Waals surface area contributed by atoms with Gasteiger partial charge in [0.15, 0.2) is 11.5 Å². The molecular weight excluding hydrogens is 310 g/mol. The number of ether oxygens (including phenoxy) is 3. The van der Waals surface area contributed by atoms with Gasteiger partial charge in [-0.3, -0.25) is 9.69 Å². The lowest BCUT2D eigenvalue weighted by atomic mass is 10.2. The lowest BCUT2D eigenvalue weighted by Crippen LogP contribution is -2.41. The molecule has 2 aliphatic rings. The number of benzene rings is 1. The third-order valence-electron chi connectivity index (χ3n) is 4.15. The lowest BCUT2D eigenvalue weighted by Gasteiger charge is -2.26. The highest BCUT2D eigenvalue weighted by Gasteiger charge is 2.13. The Hall–Kier alpha value is -1.83. The maximum absolute atomic E-state index is 11.8. The fourth-order valence-corrected chi connectivity index (χ4v) is 2.75. The van der Waals surface area contributed by atoms with Gasteiger partial charge >= 0.3 is 0 Å². The first-order valence-electron chi connectivity index (χ1n) is 8.47. The van der Waals surface area contributed by atoms with Gasteiger partial charge in [-0.25, -0.2) is 0 Å². The molecule has 1 aromatic carbocycles. The summed E-state index contributed by atoms with van der Waals surface area (Å²) in [6.07, 6.45) is 0.480. The summed E-state index contributed by atoms with van der Waals surface area (Å²) in [5.74, 6) is 1.66. The zero-order valence-corrected chi connectivity index (χ0v) is 13.9. The zero-order chi connectivity index (χ0) is 16.6. The summed E-state index contributed by atoms with van der Waals surface area (Å²) in [5.41, 5.74) is 1.12. The van der Waals surface area contributed by atoms with Gasteiger partial charge < -0.3 is 24.8 Å². The van der Waals surface area contributed by atoms with E-state index in [1.54, 1.807) is 0 Å². The molecule has 2 N–H and O–H groups in total. The van der Waals surface area contributed by atoms with Crippen LogP contribution in [-0.2, 0) is 16.1 Å². The first-order valence-corrected chi connectivity index (χ1v) is 8.47. The quantitative estimate of drug-likeness (QED) is 0.668. The van der Waals surface area contributed by atoms with Crippen molar-refractivity contribution in [3.8, 4) is 11.5 Å². The van der Waals surface area contributed by atoms with Crippen molar-refractivity contribution < 1.29 is 19.0 Å². The van der Waals surface area contributed by atoms with Crippen LogP contribution in [0, 0.1) is 0 Å². The van der Waals surface area contributed by atoms with Crippen LogP contribution in [0.5, 0.6) is 11.5 Å². The predicted octanol–water partition coefficient (Wildman–Crippen LogP) is 0.343. The molecule has 24 heavy (non-hydrogen) atoms. The Balaban J connectivity index is 1.25. The van der Waals surface area contributed by atoms with Gasteiger partial charge in [0.1, 0.15) is 0 Å². The van der Waals surface area contributed by atoms with E-state index in [-0.39, 0.29) is 12.7 Å². The van der Waals surface area contributed by atoms with Crippen molar-refractivity contribution in [3.63, 3.8) is 0 Å². The molecule has 1 aromatic rings. The van der Waals surface area contributed by atoms with E-state index in [1.165, 1.54) is 0 Å². The molecule has 0 radical (unpaired) electrons. The first-order chi connectivity index (χ1) is 11.8. The van der Waals surface area contributed by atoms with Gasteiger partial charge in [0.2, 0.25) is 12.7 Å². The molecule has 0 saturated carbocycles. The number of carbonyl (C=O) groups is 1. The van der Waals surface area contributed by atoms with Crippen LogP contribution in [0.1, 0.15) is 12.0 Å². The Bertz CT molecular complexity index is 547. The van der Waals surface area contributed by atoms with Gasteiger partial charge in [0.05, 0.1) is 13.2 Å². The van der Waals surface area contributed by atoms with Crippen LogP contribution in [0.25, 0.3) is 0 Å². The zero-order valence-electron chi connectivity index (χ0n) is 13.9. The number of hydrogen-bond donors (Lipinski definition) is 2. The molecule has 3 rings (SSSR count). The first kappa shape index (κ1) is 17.0. The summed E-state index contributed by atoms with van der Waals surface area (Å²) < 4.78 is 15.9. The van der Waals surface area contributed by atoms with E-state index in [2.05, 4.69) is 15.5 Å². The molecule has 2 aliphatic heterocycles. The normalized spacial score (nSPS) is 17.0. The molecule has 2 heterocycles. The number of nitrogens with one attached hydrogen (secondary N) is 2.